The molecule has 30 heavy (non-hydrogen) atoms. The molecule has 9 atom stereocenters. The summed E-state index contributed by atoms with van der Waals surface area (Å²) in [6.07, 6.45) is 14.5. The second kappa shape index (κ2) is 7.56. The van der Waals surface area contributed by atoms with Gasteiger partial charge in [-0.25, -0.2) is 0 Å². The van der Waals surface area contributed by atoms with Crippen LogP contribution in [0, 0.1) is 46.8 Å². The molecule has 4 aliphatic carbocycles. The van der Waals surface area contributed by atoms with Crippen LogP contribution >= 0.6 is 0 Å². The molecule has 1 aromatic heterocycles. The maximum absolute atomic E-state index is 10.9. The van der Waals surface area contributed by atoms with Gasteiger partial charge >= 0.3 is 0 Å². The standard InChI is InChI=1S/C25H43N4O/c1-5-25(30)13-11-19-18(14-25)6-7-21-20(19)10-12-24(3)22(8-9-23(21)24)17(2)15-29-27-16-26-28(29)4/h16-23,30H,5-15H2,1-4H3/q+1/t17?,18-,19-,20+,21+,22+,23-,24+,25+/m0/s1. The Kier molecular flexibility index (Phi) is 5.27. The van der Waals surface area contributed by atoms with E-state index in [2.05, 4.69) is 31.0 Å². The summed E-state index contributed by atoms with van der Waals surface area (Å²) in [6.45, 7) is 8.26. The maximum Gasteiger partial charge on any atom is 0.296 e. The summed E-state index contributed by atoms with van der Waals surface area (Å²) in [6, 6.07) is 0. The van der Waals surface area contributed by atoms with E-state index >= 15 is 0 Å². The highest BCUT2D eigenvalue weighted by atomic mass is 16.3. The van der Waals surface area contributed by atoms with E-state index in [0.29, 0.717) is 11.3 Å². The SMILES string of the molecule is CC[C@@]1(O)CC[C@H]2[C@@H](CC[C@@H]3[C@@H]2CC[C@]2(C)[C@@H](C(C)Cn4ncn[n+]4C)CC[C@@H]32)C1. The largest absolute Gasteiger partial charge is 0.390 e. The number of rotatable bonds is 4. The van der Waals surface area contributed by atoms with Crippen LogP contribution in [0.15, 0.2) is 6.33 Å². The lowest BCUT2D eigenvalue weighted by atomic mass is 9.48. The zero-order valence-electron chi connectivity index (χ0n) is 19.6. The first-order valence-corrected chi connectivity index (χ1v) is 12.8. The molecule has 0 spiro atoms. The van der Waals surface area contributed by atoms with Crippen molar-refractivity contribution >= 4 is 0 Å². The first-order valence-electron chi connectivity index (χ1n) is 12.8. The molecule has 5 nitrogen and oxygen atoms in total. The third kappa shape index (κ3) is 3.25. The Labute approximate surface area is 182 Å². The van der Waals surface area contributed by atoms with Gasteiger partial charge in [-0.15, -0.1) is 0 Å². The van der Waals surface area contributed by atoms with Crippen molar-refractivity contribution in [2.24, 2.45) is 53.9 Å². The van der Waals surface area contributed by atoms with Gasteiger partial charge in [0.1, 0.15) is 13.6 Å². The predicted molar refractivity (Wildman–Crippen MR) is 116 cm³/mol. The number of nitrogens with zero attached hydrogens (tertiary/aromatic N) is 4. The van der Waals surface area contributed by atoms with Crippen molar-refractivity contribution in [3.63, 3.8) is 0 Å². The number of aromatic nitrogens is 4. The van der Waals surface area contributed by atoms with E-state index in [9.17, 15) is 5.11 Å². The molecule has 0 radical (unpaired) electrons. The molecule has 0 aliphatic heterocycles. The molecule has 0 amide bonds. The molecule has 0 saturated heterocycles. The lowest BCUT2D eigenvalue weighted by molar-refractivity contribution is -0.809. The smallest absolute Gasteiger partial charge is 0.296 e. The summed E-state index contributed by atoms with van der Waals surface area (Å²) in [5, 5.41) is 19.6. The summed E-state index contributed by atoms with van der Waals surface area (Å²) in [5.41, 5.74) is 0.147. The Morgan fingerprint density at radius 2 is 1.90 bits per heavy atom. The van der Waals surface area contributed by atoms with Crippen molar-refractivity contribution in [3.8, 4) is 0 Å². The molecule has 5 rings (SSSR count). The molecule has 4 fully saturated rings. The quantitative estimate of drug-likeness (QED) is 0.752. The highest BCUT2D eigenvalue weighted by Gasteiger charge is 2.58. The van der Waals surface area contributed by atoms with Crippen molar-refractivity contribution in [2.75, 3.05) is 0 Å². The van der Waals surface area contributed by atoms with Crippen LogP contribution in [-0.4, -0.2) is 25.7 Å². The highest BCUT2D eigenvalue weighted by molar-refractivity contribution is 5.07. The molecule has 1 N–H and O–H groups in total. The zero-order valence-corrected chi connectivity index (χ0v) is 19.6. The fourth-order valence-electron chi connectivity index (χ4n) is 9.10. The number of tetrazole rings is 1. The minimum atomic E-state index is -0.359. The number of aryl methyl sites for hydroxylation is 1. The van der Waals surface area contributed by atoms with Crippen LogP contribution < -0.4 is 4.80 Å². The van der Waals surface area contributed by atoms with Gasteiger partial charge < -0.3 is 5.11 Å². The number of hydrogen-bond donors (Lipinski definition) is 1. The Morgan fingerprint density at radius 1 is 1.10 bits per heavy atom. The molecule has 1 unspecified atom stereocenters. The van der Waals surface area contributed by atoms with E-state index in [1.165, 1.54) is 44.9 Å². The fraction of sp³-hybridized carbons (Fsp3) is 0.960. The van der Waals surface area contributed by atoms with Gasteiger partial charge in [0, 0.05) is 0 Å². The van der Waals surface area contributed by atoms with Crippen molar-refractivity contribution in [2.45, 2.75) is 97.1 Å². The second-order valence-corrected chi connectivity index (χ2v) is 11.9. The molecule has 1 heterocycles. The Balaban J connectivity index is 1.30. The fourth-order valence-corrected chi connectivity index (χ4v) is 9.10. The van der Waals surface area contributed by atoms with Gasteiger partial charge in [-0.05, 0) is 121 Å². The van der Waals surface area contributed by atoms with E-state index in [1.54, 1.807) is 6.33 Å². The molecule has 4 aliphatic rings. The van der Waals surface area contributed by atoms with Crippen molar-refractivity contribution in [1.29, 1.82) is 0 Å². The van der Waals surface area contributed by atoms with Gasteiger partial charge in [-0.3, -0.25) is 0 Å². The van der Waals surface area contributed by atoms with E-state index < -0.39 is 0 Å². The van der Waals surface area contributed by atoms with Crippen LogP contribution in [0.4, 0.5) is 0 Å². The van der Waals surface area contributed by atoms with Crippen molar-refractivity contribution < 1.29 is 9.90 Å². The summed E-state index contributed by atoms with van der Waals surface area (Å²) < 4.78 is 0. The number of aliphatic hydroxyl groups is 1. The number of hydrogen-bond acceptors (Lipinski definition) is 3. The van der Waals surface area contributed by atoms with Crippen LogP contribution in [0.2, 0.25) is 0 Å². The van der Waals surface area contributed by atoms with E-state index in [1.807, 2.05) is 16.6 Å². The average molecular weight is 416 g/mol. The second-order valence-electron chi connectivity index (χ2n) is 11.9. The molecule has 0 bridgehead atoms. The van der Waals surface area contributed by atoms with Gasteiger partial charge in [-0.1, -0.05) is 25.6 Å². The molecule has 1 aromatic rings. The van der Waals surface area contributed by atoms with E-state index in [0.717, 1.165) is 61.3 Å². The topological polar surface area (TPSA) is 54.8 Å². The summed E-state index contributed by atoms with van der Waals surface area (Å²) in [5.74, 6) is 5.93. The summed E-state index contributed by atoms with van der Waals surface area (Å²) in [7, 11) is 1.99. The molecular formula is C25H43N4O+. The van der Waals surface area contributed by atoms with Crippen molar-refractivity contribution in [1.82, 2.24) is 15.0 Å². The molecule has 168 valence electrons. The van der Waals surface area contributed by atoms with Crippen LogP contribution in [0.5, 0.6) is 0 Å². The van der Waals surface area contributed by atoms with Gasteiger partial charge in [0.15, 0.2) is 0 Å². The third-order valence-corrected chi connectivity index (χ3v) is 10.7. The molecule has 0 aromatic carbocycles. The van der Waals surface area contributed by atoms with Gasteiger partial charge in [0.2, 0.25) is 0 Å². The van der Waals surface area contributed by atoms with E-state index in [4.69, 9.17) is 0 Å². The normalized spacial score (nSPS) is 46.7. The lowest BCUT2D eigenvalue weighted by Gasteiger charge is -2.57. The third-order valence-electron chi connectivity index (χ3n) is 10.7. The minimum Gasteiger partial charge on any atom is -0.390 e. The van der Waals surface area contributed by atoms with Crippen LogP contribution in [-0.2, 0) is 13.6 Å². The zero-order chi connectivity index (χ0) is 21.1. The minimum absolute atomic E-state index is 0.359. The highest BCUT2D eigenvalue weighted by Crippen LogP contribution is 2.65. The van der Waals surface area contributed by atoms with E-state index in [-0.39, 0.29) is 5.60 Å². The van der Waals surface area contributed by atoms with Gasteiger partial charge in [0.05, 0.1) is 10.7 Å². The Morgan fingerprint density at radius 3 is 2.63 bits per heavy atom. The molecule has 5 heteroatoms. The monoisotopic (exact) mass is 415 g/mol. The number of fused-ring (bicyclic) bond motifs is 5. The van der Waals surface area contributed by atoms with Gasteiger partial charge in [0.25, 0.3) is 6.33 Å². The lowest BCUT2D eigenvalue weighted by Crippen LogP contribution is -2.51. The predicted octanol–water partition coefficient (Wildman–Crippen LogP) is 4.15. The average Bonchev–Trinajstić information content (AvgIpc) is 3.30. The maximum atomic E-state index is 10.9. The molecular weight excluding hydrogens is 372 g/mol. The summed E-state index contributed by atoms with van der Waals surface area (Å²) >= 11 is 0. The Bertz CT molecular complexity index is 764. The summed E-state index contributed by atoms with van der Waals surface area (Å²) in [4.78, 5) is 3.92. The van der Waals surface area contributed by atoms with Crippen LogP contribution in [0.1, 0.15) is 85.0 Å². The van der Waals surface area contributed by atoms with Crippen LogP contribution in [0.25, 0.3) is 0 Å². The van der Waals surface area contributed by atoms with Crippen molar-refractivity contribution in [3.05, 3.63) is 6.33 Å². The van der Waals surface area contributed by atoms with Crippen LogP contribution in [0.3, 0.4) is 0 Å². The Hall–Kier alpha value is -0.970. The molecule has 4 saturated carbocycles. The first-order chi connectivity index (χ1) is 14.3. The van der Waals surface area contributed by atoms with Gasteiger partial charge in [-0.2, -0.15) is 0 Å². The first kappa shape index (κ1) is 20.9.